The van der Waals surface area contributed by atoms with Crippen LogP contribution in [0.15, 0.2) is 24.3 Å². The second kappa shape index (κ2) is 15.3. The minimum Gasteiger partial charge on any atom is -0.497 e. The molecule has 0 aliphatic heterocycles. The van der Waals surface area contributed by atoms with Gasteiger partial charge in [0, 0.05) is 26.2 Å². The predicted octanol–water partition coefficient (Wildman–Crippen LogP) is -1.66. The first kappa shape index (κ1) is 30.3. The van der Waals surface area contributed by atoms with Crippen LogP contribution < -0.4 is 10.5 Å². The lowest BCUT2D eigenvalue weighted by Crippen LogP contribution is -2.51. The number of benzene rings is 1. The molecule has 1 amide bonds. The van der Waals surface area contributed by atoms with Gasteiger partial charge in [0.25, 0.3) is 0 Å². The number of rotatable bonds is 19. The Labute approximate surface area is 207 Å². The number of primary amides is 1. The lowest BCUT2D eigenvalue weighted by atomic mass is 10.0. The molecule has 1 atom stereocenters. The van der Waals surface area contributed by atoms with E-state index in [-0.39, 0.29) is 32.6 Å². The quantitative estimate of drug-likeness (QED) is 0.141. The number of carbonyl (C=O) groups is 5. The van der Waals surface area contributed by atoms with Crippen LogP contribution in [0.25, 0.3) is 0 Å². The van der Waals surface area contributed by atoms with Gasteiger partial charge >= 0.3 is 23.9 Å². The highest BCUT2D eigenvalue weighted by Gasteiger charge is 2.27. The average molecular weight is 513 g/mol. The van der Waals surface area contributed by atoms with Crippen LogP contribution in [0.3, 0.4) is 0 Å². The van der Waals surface area contributed by atoms with Gasteiger partial charge in [-0.05, 0) is 24.1 Å². The Bertz CT molecular complexity index is 893. The zero-order chi connectivity index (χ0) is 27.3. The molecule has 14 nitrogen and oxygen atoms in total. The molecule has 0 aliphatic carbocycles. The number of carbonyl (C=O) groups excluding carboxylic acids is 1. The number of amides is 1. The normalized spacial score (nSPS) is 12.0. The Morgan fingerprint density at radius 2 is 1.19 bits per heavy atom. The van der Waals surface area contributed by atoms with Crippen molar-refractivity contribution in [3.63, 3.8) is 0 Å². The standard InChI is InChI=1S/C22H32N4O10/c1-36-16-4-2-15(3-5-16)10-17(22(23)35)26(14-21(33)34)9-8-24(11-18(27)28)6-7-25(12-19(29)30)13-20(31)32/h2-5,17H,6-14H2,1H3,(H2,23,35)(H,27,28)(H,29,30)(H,31,32)(H,33,34). The number of hydrogen-bond donors (Lipinski definition) is 5. The van der Waals surface area contributed by atoms with Gasteiger partial charge in [-0.1, -0.05) is 12.1 Å². The number of aliphatic carboxylic acids is 4. The van der Waals surface area contributed by atoms with Gasteiger partial charge in [-0.15, -0.1) is 0 Å². The molecule has 0 saturated carbocycles. The van der Waals surface area contributed by atoms with Crippen molar-refractivity contribution in [3.8, 4) is 5.75 Å². The number of methoxy groups -OCH3 is 1. The Kier molecular flexibility index (Phi) is 12.9. The maximum Gasteiger partial charge on any atom is 0.317 e. The van der Waals surface area contributed by atoms with Gasteiger partial charge in [-0.3, -0.25) is 38.7 Å². The van der Waals surface area contributed by atoms with E-state index in [2.05, 4.69) is 0 Å². The molecule has 6 N–H and O–H groups in total. The van der Waals surface area contributed by atoms with E-state index in [0.29, 0.717) is 11.3 Å². The smallest absolute Gasteiger partial charge is 0.317 e. The van der Waals surface area contributed by atoms with E-state index in [1.54, 1.807) is 24.3 Å². The Hall–Kier alpha value is -3.75. The average Bonchev–Trinajstić information content (AvgIpc) is 2.77. The monoisotopic (exact) mass is 512 g/mol. The minimum atomic E-state index is -1.24. The van der Waals surface area contributed by atoms with Gasteiger partial charge in [0.1, 0.15) is 5.75 Å². The van der Waals surface area contributed by atoms with Crippen molar-refractivity contribution < 1.29 is 49.1 Å². The molecule has 1 rings (SSSR count). The fraction of sp³-hybridized carbons (Fsp3) is 0.500. The number of carboxylic acid groups (broad SMARTS) is 4. The molecule has 0 spiro atoms. The third-order valence-electron chi connectivity index (χ3n) is 5.21. The molecular weight excluding hydrogens is 480 g/mol. The highest BCUT2D eigenvalue weighted by atomic mass is 16.5. The summed E-state index contributed by atoms with van der Waals surface area (Å²) >= 11 is 0. The topological polar surface area (TPSA) is 211 Å². The van der Waals surface area contributed by atoms with Crippen molar-refractivity contribution in [2.75, 3.05) is 59.5 Å². The number of hydrogen-bond acceptors (Lipinski definition) is 9. The molecular formula is C22H32N4O10. The molecule has 0 heterocycles. The molecule has 0 aromatic heterocycles. The van der Waals surface area contributed by atoms with Gasteiger partial charge in [0.2, 0.25) is 5.91 Å². The zero-order valence-electron chi connectivity index (χ0n) is 19.9. The maximum atomic E-state index is 12.2. The Morgan fingerprint density at radius 3 is 1.64 bits per heavy atom. The molecule has 1 aromatic rings. The van der Waals surface area contributed by atoms with Crippen LogP contribution in [0.5, 0.6) is 5.75 Å². The summed E-state index contributed by atoms with van der Waals surface area (Å²) in [6.45, 7) is -2.21. The van der Waals surface area contributed by atoms with Crippen molar-refractivity contribution in [2.45, 2.75) is 12.5 Å². The van der Waals surface area contributed by atoms with E-state index < -0.39 is 62.0 Å². The number of nitrogens with zero attached hydrogens (tertiary/aromatic N) is 3. The van der Waals surface area contributed by atoms with Gasteiger partial charge in [-0.2, -0.15) is 0 Å². The fourth-order valence-electron chi connectivity index (χ4n) is 3.52. The predicted molar refractivity (Wildman–Crippen MR) is 125 cm³/mol. The van der Waals surface area contributed by atoms with Crippen LogP contribution in [0.1, 0.15) is 5.56 Å². The largest absolute Gasteiger partial charge is 0.497 e. The molecule has 36 heavy (non-hydrogen) atoms. The van der Waals surface area contributed by atoms with Gasteiger partial charge in [0.15, 0.2) is 0 Å². The van der Waals surface area contributed by atoms with Crippen molar-refractivity contribution in [2.24, 2.45) is 5.73 Å². The van der Waals surface area contributed by atoms with E-state index in [4.69, 9.17) is 20.7 Å². The summed E-state index contributed by atoms with van der Waals surface area (Å²) in [7, 11) is 1.50. The van der Waals surface area contributed by atoms with Crippen LogP contribution in [0, 0.1) is 0 Å². The second-order valence-electron chi connectivity index (χ2n) is 8.00. The summed E-state index contributed by atoms with van der Waals surface area (Å²) in [5, 5.41) is 36.6. The zero-order valence-corrected chi connectivity index (χ0v) is 19.9. The van der Waals surface area contributed by atoms with E-state index in [9.17, 15) is 34.2 Å². The Morgan fingerprint density at radius 1 is 0.750 bits per heavy atom. The summed E-state index contributed by atoms with van der Waals surface area (Å²) < 4.78 is 5.10. The van der Waals surface area contributed by atoms with Crippen LogP contribution >= 0.6 is 0 Å². The van der Waals surface area contributed by atoms with Crippen LogP contribution in [-0.2, 0) is 30.4 Å². The number of nitrogens with two attached hydrogens (primary N) is 1. The lowest BCUT2D eigenvalue weighted by Gasteiger charge is -2.31. The lowest BCUT2D eigenvalue weighted by molar-refractivity contribution is -0.143. The Balaban J connectivity index is 2.98. The summed E-state index contributed by atoms with van der Waals surface area (Å²) in [4.78, 5) is 60.9. The van der Waals surface area contributed by atoms with Crippen molar-refractivity contribution in [1.82, 2.24) is 14.7 Å². The molecule has 1 aromatic carbocycles. The van der Waals surface area contributed by atoms with Gasteiger partial charge < -0.3 is 30.9 Å². The van der Waals surface area contributed by atoms with E-state index in [1.807, 2.05) is 0 Å². The second-order valence-corrected chi connectivity index (χ2v) is 8.00. The van der Waals surface area contributed by atoms with Crippen molar-refractivity contribution in [1.29, 1.82) is 0 Å². The highest BCUT2D eigenvalue weighted by molar-refractivity contribution is 5.81. The van der Waals surface area contributed by atoms with E-state index >= 15 is 0 Å². The number of carboxylic acids is 4. The molecule has 0 saturated heterocycles. The maximum absolute atomic E-state index is 12.2. The summed E-state index contributed by atoms with van der Waals surface area (Å²) in [6, 6.07) is 5.79. The van der Waals surface area contributed by atoms with Gasteiger partial charge in [0.05, 0.1) is 39.3 Å². The molecule has 1 unspecified atom stereocenters. The van der Waals surface area contributed by atoms with Crippen molar-refractivity contribution >= 4 is 29.8 Å². The molecule has 14 heteroatoms. The summed E-state index contributed by atoms with van der Waals surface area (Å²) in [5.74, 6) is -5.04. The van der Waals surface area contributed by atoms with Crippen molar-refractivity contribution in [3.05, 3.63) is 29.8 Å². The molecule has 0 radical (unpaired) electrons. The van der Waals surface area contributed by atoms with Gasteiger partial charge in [-0.25, -0.2) is 0 Å². The van der Waals surface area contributed by atoms with Crippen LogP contribution in [-0.4, -0.2) is 130 Å². The fourth-order valence-corrected chi connectivity index (χ4v) is 3.52. The first-order valence-corrected chi connectivity index (χ1v) is 10.9. The van der Waals surface area contributed by atoms with Crippen LogP contribution in [0.2, 0.25) is 0 Å². The molecule has 200 valence electrons. The first-order chi connectivity index (χ1) is 16.9. The molecule has 0 fully saturated rings. The minimum absolute atomic E-state index is 0.0000442. The third kappa shape index (κ3) is 12.1. The molecule has 0 bridgehead atoms. The summed E-state index contributed by atoms with van der Waals surface area (Å²) in [6.07, 6.45) is 0.108. The first-order valence-electron chi connectivity index (χ1n) is 10.9. The number of ether oxygens (including phenoxy) is 1. The highest BCUT2D eigenvalue weighted by Crippen LogP contribution is 2.15. The van der Waals surface area contributed by atoms with E-state index in [0.717, 1.165) is 4.90 Å². The van der Waals surface area contributed by atoms with Crippen LogP contribution in [0.4, 0.5) is 0 Å². The SMILES string of the molecule is COc1ccc(CC(C(N)=O)N(CCN(CCN(CC(=O)O)CC(=O)O)CC(=O)O)CC(=O)O)cc1. The van der Waals surface area contributed by atoms with E-state index in [1.165, 1.54) is 16.9 Å². The molecule has 0 aliphatic rings. The summed E-state index contributed by atoms with van der Waals surface area (Å²) in [5.41, 5.74) is 6.28. The third-order valence-corrected chi connectivity index (χ3v) is 5.21.